The maximum atomic E-state index is 12.0. The summed E-state index contributed by atoms with van der Waals surface area (Å²) in [6, 6.07) is 6.91. The number of amides is 2. The van der Waals surface area contributed by atoms with Crippen molar-refractivity contribution >= 4 is 33.5 Å². The molecule has 6 heteroatoms. The highest BCUT2D eigenvalue weighted by Gasteiger charge is 2.31. The Balaban J connectivity index is 2.05. The van der Waals surface area contributed by atoms with Crippen LogP contribution in [0.15, 0.2) is 28.7 Å². The number of hydrogen-bond acceptors (Lipinski definition) is 3. The Morgan fingerprint density at radius 2 is 1.79 bits per heavy atom. The molecule has 2 rings (SSSR count). The van der Waals surface area contributed by atoms with Gasteiger partial charge in [0.1, 0.15) is 0 Å². The van der Waals surface area contributed by atoms with Crippen molar-refractivity contribution in [1.29, 1.82) is 0 Å². The van der Waals surface area contributed by atoms with Crippen molar-refractivity contribution in [2.24, 2.45) is 0 Å². The lowest BCUT2D eigenvalue weighted by molar-refractivity contribution is -0.154. The van der Waals surface area contributed by atoms with Gasteiger partial charge in [0, 0.05) is 30.2 Å². The van der Waals surface area contributed by atoms with Crippen LogP contribution < -0.4 is 0 Å². The largest absolute Gasteiger partial charge is 0.336 e. The summed E-state index contributed by atoms with van der Waals surface area (Å²) in [4.78, 5) is 37.9. The normalized spacial score (nSPS) is 15.9. The number of carbonyl (C=O) groups is 3. The fourth-order valence-corrected chi connectivity index (χ4v) is 2.09. The number of ketones is 1. The minimum Gasteiger partial charge on any atom is -0.336 e. The molecule has 1 aliphatic rings. The average Bonchev–Trinajstić information content (AvgIpc) is 2.40. The molecule has 1 saturated heterocycles. The van der Waals surface area contributed by atoms with E-state index < -0.39 is 11.8 Å². The quantitative estimate of drug-likeness (QED) is 0.614. The van der Waals surface area contributed by atoms with Gasteiger partial charge >= 0.3 is 11.8 Å². The van der Waals surface area contributed by atoms with Crippen LogP contribution in [0.25, 0.3) is 0 Å². The lowest BCUT2D eigenvalue weighted by atomic mass is 10.1. The van der Waals surface area contributed by atoms with Crippen LogP contribution in [0.4, 0.5) is 0 Å². The van der Waals surface area contributed by atoms with Crippen molar-refractivity contribution in [2.75, 3.05) is 26.7 Å². The molecular formula is C13H13BrN2O3. The monoisotopic (exact) mass is 324 g/mol. The molecular weight excluding hydrogens is 312 g/mol. The van der Waals surface area contributed by atoms with Gasteiger partial charge < -0.3 is 9.80 Å². The summed E-state index contributed by atoms with van der Waals surface area (Å²) in [6.07, 6.45) is 0. The zero-order valence-electron chi connectivity index (χ0n) is 10.4. The van der Waals surface area contributed by atoms with E-state index in [1.165, 1.54) is 9.80 Å². The van der Waals surface area contributed by atoms with Gasteiger partial charge in [-0.2, -0.15) is 0 Å². The number of likely N-dealkylation sites (N-methyl/N-ethyl adjacent to an activating group) is 1. The van der Waals surface area contributed by atoms with Crippen molar-refractivity contribution in [3.63, 3.8) is 0 Å². The van der Waals surface area contributed by atoms with Crippen molar-refractivity contribution < 1.29 is 14.4 Å². The van der Waals surface area contributed by atoms with Crippen LogP contribution in [-0.2, 0) is 9.59 Å². The molecule has 1 aromatic rings. The molecule has 2 amide bonds. The molecule has 0 unspecified atom stereocenters. The Morgan fingerprint density at radius 3 is 2.42 bits per heavy atom. The third-order valence-electron chi connectivity index (χ3n) is 3.02. The Labute approximate surface area is 119 Å². The maximum absolute atomic E-state index is 12.0. The molecule has 0 aromatic heterocycles. The van der Waals surface area contributed by atoms with E-state index in [1.54, 1.807) is 31.3 Å². The van der Waals surface area contributed by atoms with E-state index in [0.717, 1.165) is 4.47 Å². The van der Waals surface area contributed by atoms with Crippen LogP contribution in [0.3, 0.4) is 0 Å². The summed E-state index contributed by atoms with van der Waals surface area (Å²) in [5, 5.41) is 0. The molecule has 0 saturated carbocycles. The number of Topliss-reactive ketones (excluding diaryl/α,β-unsaturated/α-hetero) is 1. The second kappa shape index (κ2) is 5.52. The Bertz CT molecular complexity index is 527. The van der Waals surface area contributed by atoms with E-state index in [2.05, 4.69) is 15.9 Å². The Kier molecular flexibility index (Phi) is 3.99. The highest BCUT2D eigenvalue weighted by molar-refractivity contribution is 9.10. The van der Waals surface area contributed by atoms with Crippen LogP contribution >= 0.6 is 15.9 Å². The third kappa shape index (κ3) is 3.01. The van der Waals surface area contributed by atoms with E-state index in [9.17, 15) is 14.4 Å². The maximum Gasteiger partial charge on any atom is 0.312 e. The smallest absolute Gasteiger partial charge is 0.312 e. The van der Waals surface area contributed by atoms with E-state index in [1.807, 2.05) is 0 Å². The molecule has 5 nitrogen and oxygen atoms in total. The molecule has 1 aliphatic heterocycles. The first-order chi connectivity index (χ1) is 8.99. The lowest BCUT2D eigenvalue weighted by Crippen LogP contribution is -2.53. The van der Waals surface area contributed by atoms with E-state index in [0.29, 0.717) is 18.7 Å². The van der Waals surface area contributed by atoms with Crippen molar-refractivity contribution in [2.45, 2.75) is 0 Å². The number of piperazine rings is 1. The number of halogens is 1. The predicted octanol–water partition coefficient (Wildman–Crippen LogP) is 0.932. The van der Waals surface area contributed by atoms with Crippen LogP contribution in [0.1, 0.15) is 10.4 Å². The van der Waals surface area contributed by atoms with Gasteiger partial charge in [-0.15, -0.1) is 0 Å². The van der Waals surface area contributed by atoms with Crippen molar-refractivity contribution in [3.05, 3.63) is 34.3 Å². The number of nitrogens with zero attached hydrogens (tertiary/aromatic N) is 2. The second-order valence-electron chi connectivity index (χ2n) is 4.38. The van der Waals surface area contributed by atoms with Gasteiger partial charge in [-0.05, 0) is 12.1 Å². The van der Waals surface area contributed by atoms with Gasteiger partial charge in [0.15, 0.2) is 5.78 Å². The first-order valence-corrected chi connectivity index (χ1v) is 6.61. The van der Waals surface area contributed by atoms with E-state index >= 15 is 0 Å². The Morgan fingerprint density at radius 1 is 1.16 bits per heavy atom. The molecule has 1 aromatic carbocycles. The summed E-state index contributed by atoms with van der Waals surface area (Å²) < 4.78 is 0.884. The molecule has 0 bridgehead atoms. The molecule has 0 N–H and O–H groups in total. The number of hydrogen-bond donors (Lipinski definition) is 0. The molecule has 0 spiro atoms. The lowest BCUT2D eigenvalue weighted by Gasteiger charge is -2.30. The first-order valence-electron chi connectivity index (χ1n) is 5.82. The van der Waals surface area contributed by atoms with Gasteiger partial charge in [0.25, 0.3) is 0 Å². The Hall–Kier alpha value is -1.69. The van der Waals surface area contributed by atoms with Gasteiger partial charge in [-0.1, -0.05) is 28.1 Å². The molecule has 1 fully saturated rings. The highest BCUT2D eigenvalue weighted by Crippen LogP contribution is 2.12. The third-order valence-corrected chi connectivity index (χ3v) is 3.55. The van der Waals surface area contributed by atoms with E-state index in [4.69, 9.17) is 0 Å². The minimum atomic E-state index is -0.612. The SMILES string of the molecule is CN1CCN(CC(=O)c2ccc(Br)cc2)C(=O)C1=O. The van der Waals surface area contributed by atoms with Gasteiger partial charge in [0.2, 0.25) is 0 Å². The van der Waals surface area contributed by atoms with Crippen molar-refractivity contribution in [1.82, 2.24) is 9.80 Å². The zero-order valence-corrected chi connectivity index (χ0v) is 12.0. The topological polar surface area (TPSA) is 57.7 Å². The second-order valence-corrected chi connectivity index (χ2v) is 5.30. The zero-order chi connectivity index (χ0) is 14.0. The number of carbonyl (C=O) groups excluding carboxylic acids is 3. The standard InChI is InChI=1S/C13H13BrN2O3/c1-15-6-7-16(13(19)12(15)18)8-11(17)9-2-4-10(14)5-3-9/h2-5H,6-8H2,1H3. The molecule has 0 radical (unpaired) electrons. The van der Waals surface area contributed by atoms with Gasteiger partial charge in [-0.3, -0.25) is 14.4 Å². The van der Waals surface area contributed by atoms with Crippen molar-refractivity contribution in [3.8, 4) is 0 Å². The van der Waals surface area contributed by atoms with Gasteiger partial charge in [-0.25, -0.2) is 0 Å². The average molecular weight is 325 g/mol. The van der Waals surface area contributed by atoms with Crippen LogP contribution in [0.2, 0.25) is 0 Å². The summed E-state index contributed by atoms with van der Waals surface area (Å²) in [5.41, 5.74) is 0.530. The van der Waals surface area contributed by atoms with Gasteiger partial charge in [0.05, 0.1) is 6.54 Å². The summed E-state index contributed by atoms with van der Waals surface area (Å²) in [6.45, 7) is 0.793. The summed E-state index contributed by atoms with van der Waals surface area (Å²) in [5.74, 6) is -1.34. The fourth-order valence-electron chi connectivity index (χ4n) is 1.82. The first kappa shape index (κ1) is 13.7. The minimum absolute atomic E-state index is 0.0555. The predicted molar refractivity (Wildman–Crippen MR) is 72.7 cm³/mol. The van der Waals surface area contributed by atoms with Crippen LogP contribution in [0.5, 0.6) is 0 Å². The number of rotatable bonds is 3. The fraction of sp³-hybridized carbons (Fsp3) is 0.308. The van der Waals surface area contributed by atoms with Crippen LogP contribution in [0, 0.1) is 0 Å². The molecule has 100 valence electrons. The summed E-state index contributed by atoms with van der Waals surface area (Å²) >= 11 is 3.29. The number of benzene rings is 1. The van der Waals surface area contributed by atoms with E-state index in [-0.39, 0.29) is 12.3 Å². The molecule has 0 atom stereocenters. The van der Waals surface area contributed by atoms with Crippen LogP contribution in [-0.4, -0.2) is 54.1 Å². The molecule has 19 heavy (non-hydrogen) atoms. The highest BCUT2D eigenvalue weighted by atomic mass is 79.9. The molecule has 1 heterocycles. The summed E-state index contributed by atoms with van der Waals surface area (Å²) in [7, 11) is 1.58. The molecule has 0 aliphatic carbocycles.